The first-order valence-electron chi connectivity index (χ1n) is 14.2. The number of nitrogens with zero attached hydrogens (tertiary/aromatic N) is 6. The van der Waals surface area contributed by atoms with E-state index in [4.69, 9.17) is 32.9 Å². The van der Waals surface area contributed by atoms with Crippen LogP contribution in [0.15, 0.2) is 42.7 Å². The number of aldehydes is 1. The molecule has 0 spiro atoms. The molecule has 2 fully saturated rings. The van der Waals surface area contributed by atoms with E-state index in [2.05, 4.69) is 30.0 Å². The van der Waals surface area contributed by atoms with Crippen molar-refractivity contribution in [2.75, 3.05) is 57.3 Å². The summed E-state index contributed by atoms with van der Waals surface area (Å²) in [5, 5.41) is 4.01. The van der Waals surface area contributed by atoms with Crippen molar-refractivity contribution in [3.8, 4) is 22.9 Å². The molecule has 10 nitrogen and oxygen atoms in total. The second-order valence-corrected chi connectivity index (χ2v) is 11.7. The minimum atomic E-state index is 0.0179. The molecular weight excluding hydrogens is 577 g/mol. The Morgan fingerprint density at radius 2 is 1.67 bits per heavy atom. The predicted octanol–water partition coefficient (Wildman–Crippen LogP) is 4.31. The lowest BCUT2D eigenvalue weighted by Crippen LogP contribution is -2.47. The smallest absolute Gasteiger partial charge is 0.225 e. The van der Waals surface area contributed by atoms with Gasteiger partial charge in [-0.25, -0.2) is 15.0 Å². The molecule has 0 aliphatic carbocycles. The van der Waals surface area contributed by atoms with E-state index in [9.17, 15) is 9.59 Å². The van der Waals surface area contributed by atoms with Crippen LogP contribution in [0.2, 0.25) is 10.0 Å². The summed E-state index contributed by atoms with van der Waals surface area (Å²) in [7, 11) is 0. The Kier molecular flexibility index (Phi) is 10.2. The van der Waals surface area contributed by atoms with E-state index in [1.165, 1.54) is 0 Å². The maximum Gasteiger partial charge on any atom is 0.225 e. The van der Waals surface area contributed by atoms with E-state index in [0.29, 0.717) is 45.8 Å². The molecule has 0 saturated carbocycles. The number of rotatable bonds is 10. The topological polar surface area (TPSA) is 104 Å². The molecule has 1 aromatic carbocycles. The van der Waals surface area contributed by atoms with Gasteiger partial charge < -0.3 is 19.7 Å². The molecule has 0 unspecified atom stereocenters. The Bertz CT molecular complexity index is 1360. The Balaban J connectivity index is 1.30. The number of piperidine rings is 1. The van der Waals surface area contributed by atoms with Gasteiger partial charge in [0, 0.05) is 67.9 Å². The zero-order valence-corrected chi connectivity index (χ0v) is 25.2. The van der Waals surface area contributed by atoms with Gasteiger partial charge in [-0.15, -0.1) is 0 Å². The lowest BCUT2D eigenvalue weighted by molar-refractivity contribution is -0.119. The first-order valence-corrected chi connectivity index (χ1v) is 15.0. The molecule has 4 heterocycles. The maximum atomic E-state index is 11.3. The summed E-state index contributed by atoms with van der Waals surface area (Å²) in [5.74, 6) is 2.05. The van der Waals surface area contributed by atoms with E-state index < -0.39 is 0 Å². The largest absolute Gasteiger partial charge is 0.436 e. The maximum absolute atomic E-state index is 11.3. The molecule has 3 aromatic rings. The lowest BCUT2D eigenvalue weighted by atomic mass is 9.96. The number of pyridine rings is 1. The van der Waals surface area contributed by atoms with Crippen LogP contribution in [0, 0.1) is 5.92 Å². The van der Waals surface area contributed by atoms with Crippen LogP contribution in [0.1, 0.15) is 25.3 Å². The number of piperazine rings is 1. The van der Waals surface area contributed by atoms with E-state index in [1.54, 1.807) is 25.4 Å². The van der Waals surface area contributed by atoms with Crippen molar-refractivity contribution < 1.29 is 14.3 Å². The van der Waals surface area contributed by atoms with Crippen LogP contribution in [0.4, 0.5) is 5.95 Å². The second-order valence-electron chi connectivity index (χ2n) is 10.8. The molecular formula is C30H35Cl2N7O3. The van der Waals surface area contributed by atoms with E-state index >= 15 is 0 Å². The molecule has 2 aromatic heterocycles. The van der Waals surface area contributed by atoms with Crippen molar-refractivity contribution in [2.24, 2.45) is 5.92 Å². The fourth-order valence-electron chi connectivity index (χ4n) is 5.33. The number of likely N-dealkylation sites (tertiary alicyclic amines) is 1. The monoisotopic (exact) mass is 611 g/mol. The summed E-state index contributed by atoms with van der Waals surface area (Å²) in [5.41, 5.74) is 2.56. The molecule has 0 radical (unpaired) electrons. The minimum Gasteiger partial charge on any atom is -0.436 e. The quantitative estimate of drug-likeness (QED) is 0.336. The molecule has 2 saturated heterocycles. The number of hydrogen-bond acceptors (Lipinski definition) is 9. The summed E-state index contributed by atoms with van der Waals surface area (Å²) >= 11 is 12.6. The normalized spacial score (nSPS) is 16.8. The Morgan fingerprint density at radius 1 is 0.976 bits per heavy atom. The van der Waals surface area contributed by atoms with E-state index in [-0.39, 0.29) is 5.91 Å². The molecule has 0 bridgehead atoms. The van der Waals surface area contributed by atoms with Crippen LogP contribution in [0.25, 0.3) is 11.3 Å². The average Bonchev–Trinajstić information content (AvgIpc) is 2.97. The Labute approximate surface area is 256 Å². The number of aromatic nitrogens is 3. The van der Waals surface area contributed by atoms with Gasteiger partial charge >= 0.3 is 0 Å². The number of halogens is 2. The highest BCUT2D eigenvalue weighted by molar-refractivity contribution is 6.35. The van der Waals surface area contributed by atoms with E-state index in [0.717, 1.165) is 82.6 Å². The van der Waals surface area contributed by atoms with Gasteiger partial charge in [0.25, 0.3) is 0 Å². The van der Waals surface area contributed by atoms with Crippen LogP contribution >= 0.6 is 23.2 Å². The molecule has 2 aliphatic heterocycles. The van der Waals surface area contributed by atoms with Crippen molar-refractivity contribution in [3.63, 3.8) is 0 Å². The molecule has 1 amide bonds. The molecule has 222 valence electrons. The lowest BCUT2D eigenvalue weighted by Gasteiger charge is -2.33. The van der Waals surface area contributed by atoms with E-state index in [1.807, 2.05) is 24.3 Å². The van der Waals surface area contributed by atoms with Crippen molar-refractivity contribution in [2.45, 2.75) is 26.3 Å². The van der Waals surface area contributed by atoms with Gasteiger partial charge in [-0.05, 0) is 61.7 Å². The highest BCUT2D eigenvalue weighted by Gasteiger charge is 2.21. The molecule has 0 atom stereocenters. The zero-order valence-electron chi connectivity index (χ0n) is 23.6. The number of ether oxygens (including phenoxy) is 1. The van der Waals surface area contributed by atoms with Gasteiger partial charge in [-0.1, -0.05) is 23.2 Å². The number of hydrogen-bond donors (Lipinski definition) is 1. The summed E-state index contributed by atoms with van der Waals surface area (Å²) < 4.78 is 6.17. The number of benzene rings is 1. The zero-order chi connectivity index (χ0) is 29.5. The number of nitrogens with one attached hydrogen (secondary N) is 1. The molecule has 5 rings (SSSR count). The summed E-state index contributed by atoms with van der Waals surface area (Å²) in [6, 6.07) is 9.36. The van der Waals surface area contributed by atoms with Gasteiger partial charge in [-0.2, -0.15) is 0 Å². The molecule has 12 heteroatoms. The molecule has 42 heavy (non-hydrogen) atoms. The molecule has 2 aliphatic rings. The van der Waals surface area contributed by atoms with Crippen molar-refractivity contribution in [1.29, 1.82) is 0 Å². The van der Waals surface area contributed by atoms with Crippen molar-refractivity contribution >= 4 is 41.3 Å². The number of anilines is 1. The average molecular weight is 613 g/mol. The van der Waals surface area contributed by atoms with Crippen LogP contribution in [0.5, 0.6) is 11.6 Å². The SMILES string of the molecule is CC(=O)NCC1CCN(Cc2cc(Oc3cnc(N4CCN(CC=O)CC4)nc3)nc(-c3cc(Cl)cc(Cl)c3)c2)CC1. The minimum absolute atomic E-state index is 0.0179. The summed E-state index contributed by atoms with van der Waals surface area (Å²) in [6.07, 6.45) is 6.31. The number of amides is 1. The van der Waals surface area contributed by atoms with Gasteiger partial charge in [-0.3, -0.25) is 14.6 Å². The first-order chi connectivity index (χ1) is 20.3. The van der Waals surface area contributed by atoms with Crippen LogP contribution in [0.3, 0.4) is 0 Å². The third-order valence-corrected chi connectivity index (χ3v) is 8.03. The number of carbonyl (C=O) groups excluding carboxylic acids is 2. The van der Waals surface area contributed by atoms with Crippen LogP contribution < -0.4 is 15.0 Å². The first kappa shape index (κ1) is 30.2. The highest BCUT2D eigenvalue weighted by Crippen LogP contribution is 2.31. The van der Waals surface area contributed by atoms with Gasteiger partial charge in [0.05, 0.1) is 24.6 Å². The summed E-state index contributed by atoms with van der Waals surface area (Å²) in [4.78, 5) is 42.5. The van der Waals surface area contributed by atoms with Crippen molar-refractivity contribution in [1.82, 2.24) is 30.1 Å². The van der Waals surface area contributed by atoms with Crippen LogP contribution in [-0.2, 0) is 16.1 Å². The highest BCUT2D eigenvalue weighted by atomic mass is 35.5. The van der Waals surface area contributed by atoms with Crippen LogP contribution in [-0.4, -0.2) is 89.3 Å². The predicted molar refractivity (Wildman–Crippen MR) is 163 cm³/mol. The third-order valence-electron chi connectivity index (χ3n) is 7.60. The second kappa shape index (κ2) is 14.2. The standard InChI is InChI=1S/C30H35Cl2N7O3/c1-21(41)33-17-22-2-4-38(5-3-22)20-23-12-28(24-14-25(31)16-26(32)15-24)36-29(13-23)42-27-18-34-30(35-19-27)39-8-6-37(7-9-39)10-11-40/h11-16,18-19,22H,2-10,17,20H2,1H3,(H,33,41). The van der Waals surface area contributed by atoms with Gasteiger partial charge in [0.1, 0.15) is 6.29 Å². The fraction of sp³-hybridized carbons (Fsp3) is 0.433. The van der Waals surface area contributed by atoms with Gasteiger partial charge in [0.2, 0.25) is 17.7 Å². The van der Waals surface area contributed by atoms with Gasteiger partial charge in [0.15, 0.2) is 5.75 Å². The number of carbonyl (C=O) groups is 2. The summed E-state index contributed by atoms with van der Waals surface area (Å²) in [6.45, 7) is 8.46. The molecule has 1 N–H and O–H groups in total. The Hall–Kier alpha value is -3.31. The third kappa shape index (κ3) is 8.38. The Morgan fingerprint density at radius 3 is 2.31 bits per heavy atom. The van der Waals surface area contributed by atoms with Crippen molar-refractivity contribution in [3.05, 3.63) is 58.3 Å². The fourth-order valence-corrected chi connectivity index (χ4v) is 5.86.